The maximum absolute atomic E-state index is 13.4. The lowest BCUT2D eigenvalue weighted by Gasteiger charge is -2.36. The zero-order valence-corrected chi connectivity index (χ0v) is 20.1. The highest BCUT2D eigenvalue weighted by atomic mass is 16.5. The van der Waals surface area contributed by atoms with E-state index in [1.54, 1.807) is 0 Å². The molecule has 1 aromatic carbocycles. The number of carbonyl (C=O) groups is 1. The highest BCUT2D eigenvalue weighted by Gasteiger charge is 2.26. The van der Waals surface area contributed by atoms with Crippen LogP contribution in [0.15, 0.2) is 23.1 Å². The van der Waals surface area contributed by atoms with Crippen molar-refractivity contribution >= 4 is 22.5 Å². The van der Waals surface area contributed by atoms with Gasteiger partial charge in [-0.1, -0.05) is 0 Å². The molecule has 2 aromatic heterocycles. The number of hydrogen-bond donors (Lipinski definition) is 2. The largest absolute Gasteiger partial charge is 0.381 e. The van der Waals surface area contributed by atoms with E-state index in [-0.39, 0.29) is 18.0 Å². The Morgan fingerprint density at radius 3 is 2.67 bits per heavy atom. The minimum Gasteiger partial charge on any atom is -0.381 e. The van der Waals surface area contributed by atoms with Crippen LogP contribution in [0.25, 0.3) is 10.9 Å². The van der Waals surface area contributed by atoms with Gasteiger partial charge < -0.3 is 19.9 Å². The lowest BCUT2D eigenvalue weighted by molar-refractivity contribution is 0.0846. The Kier molecular flexibility index (Phi) is 6.56. The molecule has 0 aliphatic carbocycles. The van der Waals surface area contributed by atoms with Crippen molar-refractivity contribution in [1.82, 2.24) is 20.1 Å². The second kappa shape index (κ2) is 9.39. The number of nitrogens with one attached hydrogen (secondary N) is 2. The fourth-order valence-corrected chi connectivity index (χ4v) is 4.98. The van der Waals surface area contributed by atoms with Gasteiger partial charge in [-0.05, 0) is 63.8 Å². The van der Waals surface area contributed by atoms with Gasteiger partial charge in [0.2, 0.25) is 0 Å². The molecule has 3 heterocycles. The zero-order valence-electron chi connectivity index (χ0n) is 20.1. The summed E-state index contributed by atoms with van der Waals surface area (Å²) in [5.74, 6) is -0.195. The van der Waals surface area contributed by atoms with Crippen LogP contribution >= 0.6 is 0 Å². The Hall–Kier alpha value is -3.13. The normalized spacial score (nSPS) is 14.6. The summed E-state index contributed by atoms with van der Waals surface area (Å²) in [7, 11) is 1.90. The number of amides is 1. The Bertz CT molecular complexity index is 1240. The Labute approximate surface area is 193 Å². The number of aryl methyl sites for hydroxylation is 4. The van der Waals surface area contributed by atoms with Gasteiger partial charge in [0.05, 0.1) is 11.7 Å². The first-order chi connectivity index (χ1) is 15.8. The van der Waals surface area contributed by atoms with Crippen LogP contribution in [0.5, 0.6) is 0 Å². The van der Waals surface area contributed by atoms with Crippen molar-refractivity contribution in [2.24, 2.45) is 7.05 Å². The first-order valence-corrected chi connectivity index (χ1v) is 11.6. The minimum atomic E-state index is -0.195. The third-order valence-corrected chi connectivity index (χ3v) is 6.70. The van der Waals surface area contributed by atoms with E-state index in [9.17, 15) is 9.59 Å². The number of benzene rings is 1. The predicted octanol–water partition coefficient (Wildman–Crippen LogP) is 3.12. The van der Waals surface area contributed by atoms with Crippen LogP contribution in [-0.2, 0) is 18.3 Å². The number of aromatic nitrogens is 3. The van der Waals surface area contributed by atoms with E-state index >= 15 is 0 Å². The first kappa shape index (κ1) is 23.0. The summed E-state index contributed by atoms with van der Waals surface area (Å²) in [5.41, 5.74) is 5.54. The van der Waals surface area contributed by atoms with E-state index in [4.69, 9.17) is 4.74 Å². The summed E-state index contributed by atoms with van der Waals surface area (Å²) in [5, 5.41) is 8.51. The average molecular weight is 452 g/mol. The number of fused-ring (bicyclic) bond motifs is 1. The number of pyridine rings is 1. The van der Waals surface area contributed by atoms with Crippen molar-refractivity contribution in [3.05, 3.63) is 56.6 Å². The Balaban J connectivity index is 1.71. The van der Waals surface area contributed by atoms with Crippen molar-refractivity contribution in [2.75, 3.05) is 24.7 Å². The van der Waals surface area contributed by atoms with Crippen LogP contribution in [0, 0.1) is 20.8 Å². The molecular formula is C25H33N5O3. The molecule has 33 heavy (non-hydrogen) atoms. The van der Waals surface area contributed by atoms with Gasteiger partial charge in [0.1, 0.15) is 0 Å². The number of anilines is 1. The van der Waals surface area contributed by atoms with Crippen molar-refractivity contribution < 1.29 is 9.53 Å². The molecule has 8 heteroatoms. The number of hydrogen-bond acceptors (Lipinski definition) is 5. The quantitative estimate of drug-likeness (QED) is 0.601. The van der Waals surface area contributed by atoms with Crippen LogP contribution in [0.1, 0.15) is 52.5 Å². The van der Waals surface area contributed by atoms with Gasteiger partial charge in [0, 0.05) is 67.3 Å². The fourth-order valence-electron chi connectivity index (χ4n) is 4.98. The molecule has 0 bridgehead atoms. The van der Waals surface area contributed by atoms with Gasteiger partial charge in [-0.15, -0.1) is 0 Å². The number of ether oxygens (including phenoxy) is 1. The molecular weight excluding hydrogens is 418 g/mol. The van der Waals surface area contributed by atoms with Crippen LogP contribution in [0.3, 0.4) is 0 Å². The monoisotopic (exact) mass is 451 g/mol. The van der Waals surface area contributed by atoms with Crippen LogP contribution in [-0.4, -0.2) is 46.5 Å². The van der Waals surface area contributed by atoms with E-state index in [2.05, 4.69) is 27.2 Å². The fraction of sp³-hybridized carbons (Fsp3) is 0.480. The molecule has 1 aliphatic heterocycles. The first-order valence-electron chi connectivity index (χ1n) is 11.6. The molecule has 1 fully saturated rings. The Morgan fingerprint density at radius 2 is 2.00 bits per heavy atom. The molecule has 0 spiro atoms. The highest BCUT2D eigenvalue weighted by Crippen LogP contribution is 2.34. The number of H-pyrrole nitrogens is 1. The summed E-state index contributed by atoms with van der Waals surface area (Å²) < 4.78 is 7.40. The van der Waals surface area contributed by atoms with Crippen molar-refractivity contribution in [3.63, 3.8) is 0 Å². The second-order valence-electron chi connectivity index (χ2n) is 8.85. The molecule has 0 unspecified atom stereocenters. The van der Waals surface area contributed by atoms with E-state index in [0.717, 1.165) is 66.0 Å². The number of aromatic amines is 1. The molecule has 0 radical (unpaired) electrons. The molecule has 3 aromatic rings. The maximum Gasteiger partial charge on any atom is 0.253 e. The molecule has 176 valence electrons. The van der Waals surface area contributed by atoms with Gasteiger partial charge in [0.15, 0.2) is 0 Å². The highest BCUT2D eigenvalue weighted by molar-refractivity contribution is 6.05. The summed E-state index contributed by atoms with van der Waals surface area (Å²) in [6.45, 7) is 10.3. The van der Waals surface area contributed by atoms with E-state index < -0.39 is 0 Å². The number of carbonyl (C=O) groups excluding carboxylic acids is 1. The summed E-state index contributed by atoms with van der Waals surface area (Å²) in [6.07, 6.45) is 3.80. The van der Waals surface area contributed by atoms with E-state index in [1.165, 1.54) is 0 Å². The lowest BCUT2D eigenvalue weighted by Crippen LogP contribution is -2.39. The number of nitrogens with zero attached hydrogens (tertiary/aromatic N) is 3. The molecule has 8 nitrogen and oxygen atoms in total. The van der Waals surface area contributed by atoms with Gasteiger partial charge in [-0.3, -0.25) is 14.3 Å². The molecule has 4 rings (SSSR count). The SMILES string of the molecule is CCN(c1cc(C(=O)NCc2c(C)cc(C)[nH]c2=O)c(C)c2c1cnn2C)C1CCOCC1. The second-order valence-corrected chi connectivity index (χ2v) is 8.85. The van der Waals surface area contributed by atoms with Crippen LogP contribution in [0.4, 0.5) is 5.69 Å². The molecule has 0 atom stereocenters. The van der Waals surface area contributed by atoms with Gasteiger partial charge in [-0.25, -0.2) is 0 Å². The maximum atomic E-state index is 13.4. The number of rotatable bonds is 6. The minimum absolute atomic E-state index is 0.163. The summed E-state index contributed by atoms with van der Waals surface area (Å²) >= 11 is 0. The van der Waals surface area contributed by atoms with Crippen LogP contribution in [0.2, 0.25) is 0 Å². The lowest BCUT2D eigenvalue weighted by atomic mass is 9.99. The third-order valence-electron chi connectivity index (χ3n) is 6.70. The van der Waals surface area contributed by atoms with Gasteiger partial charge in [-0.2, -0.15) is 5.10 Å². The van der Waals surface area contributed by atoms with E-state index in [0.29, 0.717) is 17.2 Å². The summed E-state index contributed by atoms with van der Waals surface area (Å²) in [4.78, 5) is 30.9. The molecule has 1 saturated heterocycles. The van der Waals surface area contributed by atoms with Gasteiger partial charge >= 0.3 is 0 Å². The smallest absolute Gasteiger partial charge is 0.253 e. The summed E-state index contributed by atoms with van der Waals surface area (Å²) in [6, 6.07) is 4.26. The van der Waals surface area contributed by atoms with Crippen molar-refractivity contribution in [2.45, 2.75) is 53.1 Å². The van der Waals surface area contributed by atoms with E-state index in [1.807, 2.05) is 50.8 Å². The molecule has 1 aliphatic rings. The average Bonchev–Trinajstić information content (AvgIpc) is 3.17. The molecule has 0 saturated carbocycles. The third kappa shape index (κ3) is 4.39. The topological polar surface area (TPSA) is 92.3 Å². The van der Waals surface area contributed by atoms with Gasteiger partial charge in [0.25, 0.3) is 11.5 Å². The van der Waals surface area contributed by atoms with Crippen LogP contribution < -0.4 is 15.8 Å². The molecule has 1 amide bonds. The zero-order chi connectivity index (χ0) is 23.7. The Morgan fingerprint density at radius 1 is 1.27 bits per heavy atom. The standard InChI is InChI=1S/C25H33N5O3/c1-6-30(18-7-9-33-10-8-18)22-12-19(17(4)23-21(22)14-27-29(23)5)24(31)26-13-20-15(2)11-16(3)28-25(20)32/h11-12,14,18H,6-10,13H2,1-5H3,(H,26,31)(H,28,32). The predicted molar refractivity (Wildman–Crippen MR) is 130 cm³/mol. The van der Waals surface area contributed by atoms with Crippen molar-refractivity contribution in [1.29, 1.82) is 0 Å². The van der Waals surface area contributed by atoms with Crippen molar-refractivity contribution in [3.8, 4) is 0 Å². The molecule has 2 N–H and O–H groups in total.